The molecule has 8 aromatic carbocycles. The first-order valence-corrected chi connectivity index (χ1v) is 16.8. The molecule has 0 radical (unpaired) electrons. The van der Waals surface area contributed by atoms with Crippen LogP contribution in [0.15, 0.2) is 174 Å². The van der Waals surface area contributed by atoms with Gasteiger partial charge in [-0.25, -0.2) is 0 Å². The van der Waals surface area contributed by atoms with E-state index in [-0.39, 0.29) is 0 Å². The Labute approximate surface area is 285 Å². The van der Waals surface area contributed by atoms with Crippen LogP contribution in [0.3, 0.4) is 0 Å². The molecule has 0 aliphatic rings. The molecule has 0 atom stereocenters. The summed E-state index contributed by atoms with van der Waals surface area (Å²) < 4.78 is 6.97. The summed E-state index contributed by atoms with van der Waals surface area (Å²) in [6.07, 6.45) is 0. The average Bonchev–Trinajstić information content (AvgIpc) is 3.52. The molecule has 0 saturated heterocycles. The lowest BCUT2D eigenvalue weighted by atomic mass is 9.99. The summed E-state index contributed by atoms with van der Waals surface area (Å²) in [6.45, 7) is 4.30. The third kappa shape index (κ3) is 4.90. The Bertz CT molecular complexity index is 2460. The third-order valence-electron chi connectivity index (χ3n) is 9.47. The smallest absolute Gasteiger partial charge is 0.143 e. The second kappa shape index (κ2) is 11.7. The van der Waals surface area contributed by atoms with Crippen LogP contribution in [0.4, 0.5) is 34.1 Å². The molecule has 3 heteroatoms. The van der Waals surface area contributed by atoms with Gasteiger partial charge in [-0.3, -0.25) is 0 Å². The molecule has 0 saturated carbocycles. The van der Waals surface area contributed by atoms with Crippen molar-refractivity contribution in [2.75, 3.05) is 9.80 Å². The second-order valence-electron chi connectivity index (χ2n) is 12.8. The minimum Gasteiger partial charge on any atom is -0.455 e. The van der Waals surface area contributed by atoms with E-state index in [4.69, 9.17) is 4.42 Å². The Balaban J connectivity index is 1.40. The van der Waals surface area contributed by atoms with Gasteiger partial charge in [0.15, 0.2) is 0 Å². The molecule has 0 N–H and O–H groups in total. The molecule has 0 unspecified atom stereocenters. The van der Waals surface area contributed by atoms with Crippen LogP contribution in [0.5, 0.6) is 0 Å². The monoisotopic (exact) mass is 630 g/mol. The van der Waals surface area contributed by atoms with Gasteiger partial charge >= 0.3 is 0 Å². The van der Waals surface area contributed by atoms with Crippen molar-refractivity contribution in [2.45, 2.75) is 13.8 Å². The van der Waals surface area contributed by atoms with E-state index in [1.165, 1.54) is 11.1 Å². The Morgan fingerprint density at radius 2 is 0.694 bits per heavy atom. The van der Waals surface area contributed by atoms with Gasteiger partial charge in [-0.15, -0.1) is 0 Å². The summed E-state index contributed by atoms with van der Waals surface area (Å²) in [6, 6.07) is 60.7. The summed E-state index contributed by atoms with van der Waals surface area (Å²) >= 11 is 0. The lowest BCUT2D eigenvalue weighted by molar-refractivity contribution is 0.676. The quantitative estimate of drug-likeness (QED) is 0.182. The van der Waals surface area contributed by atoms with Crippen LogP contribution in [0.2, 0.25) is 0 Å². The number of nitrogens with zero attached hydrogens (tertiary/aromatic N) is 2. The topological polar surface area (TPSA) is 19.6 Å². The van der Waals surface area contributed by atoms with E-state index in [2.05, 4.69) is 194 Å². The summed E-state index contributed by atoms with van der Waals surface area (Å²) in [5, 5.41) is 6.61. The molecule has 9 rings (SSSR count). The molecular weight excluding hydrogens is 597 g/mol. The standard InChI is InChI=1S/C46H34N2O/c1-31-15-13-21-35(27-31)47(33-17-5-3-6-18-33)43-29-41-42-30-44(48(34-19-7-4-8-20-34)36-22-14-16-32(2)28-36)38-24-10-12-26-40(38)46(42)49-45(41)39-25-11-9-23-37(39)43/h3-30H,1-2H3. The number of anilines is 6. The third-order valence-corrected chi connectivity index (χ3v) is 9.47. The Morgan fingerprint density at radius 1 is 0.327 bits per heavy atom. The predicted octanol–water partition coefficient (Wildman–Crippen LogP) is 13.4. The van der Waals surface area contributed by atoms with Gasteiger partial charge in [-0.1, -0.05) is 109 Å². The van der Waals surface area contributed by atoms with E-state index in [9.17, 15) is 0 Å². The maximum Gasteiger partial charge on any atom is 0.143 e. The number of hydrogen-bond donors (Lipinski definition) is 0. The lowest BCUT2D eigenvalue weighted by Gasteiger charge is -2.27. The van der Waals surface area contributed by atoms with Crippen molar-refractivity contribution >= 4 is 77.6 Å². The molecule has 0 aliphatic carbocycles. The van der Waals surface area contributed by atoms with Crippen molar-refractivity contribution in [3.63, 3.8) is 0 Å². The number of rotatable bonds is 6. The predicted molar refractivity (Wildman–Crippen MR) is 208 cm³/mol. The highest BCUT2D eigenvalue weighted by molar-refractivity contribution is 6.25. The van der Waals surface area contributed by atoms with Crippen molar-refractivity contribution in [2.24, 2.45) is 0 Å². The van der Waals surface area contributed by atoms with Gasteiger partial charge in [-0.05, 0) is 85.6 Å². The van der Waals surface area contributed by atoms with Crippen LogP contribution >= 0.6 is 0 Å². The summed E-state index contributed by atoms with van der Waals surface area (Å²) in [7, 11) is 0. The lowest BCUT2D eigenvalue weighted by Crippen LogP contribution is -2.11. The molecule has 3 nitrogen and oxygen atoms in total. The van der Waals surface area contributed by atoms with E-state index >= 15 is 0 Å². The Morgan fingerprint density at radius 3 is 1.10 bits per heavy atom. The van der Waals surface area contributed by atoms with Crippen LogP contribution in [-0.2, 0) is 0 Å². The van der Waals surface area contributed by atoms with Gasteiger partial charge in [-0.2, -0.15) is 0 Å². The summed E-state index contributed by atoms with van der Waals surface area (Å²) in [5.41, 5.74) is 10.9. The molecule has 0 bridgehead atoms. The number of furan rings is 1. The zero-order valence-electron chi connectivity index (χ0n) is 27.5. The van der Waals surface area contributed by atoms with E-state index in [1.54, 1.807) is 0 Å². The van der Waals surface area contributed by atoms with Crippen molar-refractivity contribution in [1.82, 2.24) is 0 Å². The first-order valence-electron chi connectivity index (χ1n) is 16.8. The number of hydrogen-bond acceptors (Lipinski definition) is 3. The fourth-order valence-electron chi connectivity index (χ4n) is 7.29. The highest BCUT2D eigenvalue weighted by Crippen LogP contribution is 2.48. The number of aryl methyl sites for hydroxylation is 2. The van der Waals surface area contributed by atoms with Gasteiger partial charge in [0.25, 0.3) is 0 Å². The zero-order chi connectivity index (χ0) is 32.9. The molecule has 49 heavy (non-hydrogen) atoms. The van der Waals surface area contributed by atoms with E-state index in [0.29, 0.717) is 0 Å². The molecular formula is C46H34N2O. The number of fused-ring (bicyclic) bond motifs is 7. The SMILES string of the molecule is Cc1cccc(N(c2ccccc2)c2cc3c4cc(N(c5ccccc5)c5cccc(C)c5)c5ccccc5c4oc3c3ccccc23)c1. The highest BCUT2D eigenvalue weighted by atomic mass is 16.3. The Hall–Kier alpha value is -6.32. The van der Waals surface area contributed by atoms with Crippen molar-refractivity contribution in [1.29, 1.82) is 0 Å². The average molecular weight is 631 g/mol. The van der Waals surface area contributed by atoms with Gasteiger partial charge in [0.2, 0.25) is 0 Å². The fraction of sp³-hybridized carbons (Fsp3) is 0.0435. The van der Waals surface area contributed by atoms with Crippen LogP contribution in [0.1, 0.15) is 11.1 Å². The van der Waals surface area contributed by atoms with Crippen molar-refractivity contribution in [3.05, 3.63) is 181 Å². The van der Waals surface area contributed by atoms with Crippen molar-refractivity contribution < 1.29 is 4.42 Å². The molecule has 0 aliphatic heterocycles. The van der Waals surface area contributed by atoms with Gasteiger partial charge in [0.1, 0.15) is 11.2 Å². The number of para-hydroxylation sites is 2. The first-order chi connectivity index (χ1) is 24.1. The molecule has 1 heterocycles. The number of benzene rings is 8. The fourth-order valence-corrected chi connectivity index (χ4v) is 7.29. The van der Waals surface area contributed by atoms with Crippen LogP contribution in [-0.4, -0.2) is 0 Å². The molecule has 9 aromatic rings. The van der Waals surface area contributed by atoms with E-state index in [0.717, 1.165) is 77.6 Å². The normalized spacial score (nSPS) is 11.5. The van der Waals surface area contributed by atoms with E-state index < -0.39 is 0 Å². The van der Waals surface area contributed by atoms with Crippen LogP contribution in [0, 0.1) is 13.8 Å². The Kier molecular flexibility index (Phi) is 6.91. The van der Waals surface area contributed by atoms with Gasteiger partial charge in [0.05, 0.1) is 11.4 Å². The first kappa shape index (κ1) is 28.9. The largest absolute Gasteiger partial charge is 0.455 e. The minimum atomic E-state index is 0.899. The maximum absolute atomic E-state index is 6.97. The molecule has 1 aromatic heterocycles. The van der Waals surface area contributed by atoms with Crippen molar-refractivity contribution in [3.8, 4) is 0 Å². The summed E-state index contributed by atoms with van der Waals surface area (Å²) in [5.74, 6) is 0. The highest BCUT2D eigenvalue weighted by Gasteiger charge is 2.24. The molecule has 0 spiro atoms. The molecule has 0 amide bonds. The summed E-state index contributed by atoms with van der Waals surface area (Å²) in [4.78, 5) is 4.75. The van der Waals surface area contributed by atoms with Gasteiger partial charge < -0.3 is 14.2 Å². The zero-order valence-corrected chi connectivity index (χ0v) is 27.5. The minimum absolute atomic E-state index is 0.899. The maximum atomic E-state index is 6.97. The van der Waals surface area contributed by atoms with Crippen LogP contribution < -0.4 is 9.80 Å². The van der Waals surface area contributed by atoms with Gasteiger partial charge in [0, 0.05) is 55.1 Å². The second-order valence-corrected chi connectivity index (χ2v) is 12.8. The van der Waals surface area contributed by atoms with Crippen LogP contribution in [0.25, 0.3) is 43.5 Å². The van der Waals surface area contributed by atoms with E-state index in [1.807, 2.05) is 0 Å². The molecule has 0 fully saturated rings. The molecule has 234 valence electrons.